The summed E-state index contributed by atoms with van der Waals surface area (Å²) < 4.78 is 0. The maximum absolute atomic E-state index is 10.9. The third-order valence-corrected chi connectivity index (χ3v) is 6.79. The summed E-state index contributed by atoms with van der Waals surface area (Å²) in [4.78, 5) is 13.5. The Morgan fingerprint density at radius 1 is 0.889 bits per heavy atom. The maximum atomic E-state index is 10.9. The average molecular weight is 364 g/mol. The van der Waals surface area contributed by atoms with E-state index in [0.717, 1.165) is 25.9 Å². The van der Waals surface area contributed by atoms with Crippen LogP contribution in [0.4, 0.5) is 5.69 Å². The molecule has 2 fully saturated rings. The Morgan fingerprint density at radius 3 is 2.07 bits per heavy atom. The van der Waals surface area contributed by atoms with Crippen LogP contribution in [-0.4, -0.2) is 24.2 Å². The lowest BCUT2D eigenvalue weighted by Gasteiger charge is -2.46. The summed E-state index contributed by atoms with van der Waals surface area (Å²) in [6, 6.07) is 19.5. The number of carbonyl (C=O) groups is 1. The Kier molecular flexibility index (Phi) is 5.20. The maximum Gasteiger partial charge on any atom is 0.303 e. The van der Waals surface area contributed by atoms with Crippen molar-refractivity contribution in [2.45, 2.75) is 44.9 Å². The van der Waals surface area contributed by atoms with Crippen LogP contribution in [0.2, 0.25) is 0 Å². The summed E-state index contributed by atoms with van der Waals surface area (Å²) >= 11 is 0. The van der Waals surface area contributed by atoms with Crippen molar-refractivity contribution in [3.63, 3.8) is 0 Å². The third-order valence-electron chi connectivity index (χ3n) is 6.79. The molecule has 2 aliphatic rings. The van der Waals surface area contributed by atoms with E-state index in [4.69, 9.17) is 5.11 Å². The number of hydrogen-bond donors (Lipinski definition) is 1. The predicted molar refractivity (Wildman–Crippen MR) is 110 cm³/mol. The lowest BCUT2D eigenvalue weighted by Crippen LogP contribution is -2.42. The molecular formula is C24H29NO2. The van der Waals surface area contributed by atoms with E-state index in [2.05, 4.69) is 59.5 Å². The van der Waals surface area contributed by atoms with Crippen LogP contribution >= 0.6 is 0 Å². The van der Waals surface area contributed by atoms with Gasteiger partial charge < -0.3 is 10.0 Å². The first kappa shape index (κ1) is 18.1. The predicted octanol–water partition coefficient (Wildman–Crippen LogP) is 5.61. The molecule has 4 rings (SSSR count). The van der Waals surface area contributed by atoms with Crippen LogP contribution in [0.1, 0.15) is 44.9 Å². The smallest absolute Gasteiger partial charge is 0.303 e. The number of benzene rings is 2. The van der Waals surface area contributed by atoms with Gasteiger partial charge in [0, 0.05) is 25.2 Å². The molecule has 1 saturated heterocycles. The van der Waals surface area contributed by atoms with Gasteiger partial charge in [0.2, 0.25) is 0 Å². The number of carboxylic acids is 1. The lowest BCUT2D eigenvalue weighted by atomic mass is 9.65. The van der Waals surface area contributed by atoms with Gasteiger partial charge in [0.25, 0.3) is 0 Å². The highest BCUT2D eigenvalue weighted by atomic mass is 16.4. The number of aliphatic carboxylic acids is 1. The van der Waals surface area contributed by atoms with E-state index in [1.54, 1.807) is 0 Å². The zero-order valence-corrected chi connectivity index (χ0v) is 15.9. The van der Waals surface area contributed by atoms with E-state index < -0.39 is 5.97 Å². The molecule has 3 nitrogen and oxygen atoms in total. The molecule has 0 unspecified atom stereocenters. The second-order valence-electron chi connectivity index (χ2n) is 8.44. The standard InChI is InChI=1S/C24H29NO2/c26-23(27)18-19-10-12-24(13-11-19)14-16-25(17-15-24)22-8-6-21(7-9-22)20-4-2-1-3-5-20/h1-9,19H,10-18H2,(H,26,27). The highest BCUT2D eigenvalue weighted by Gasteiger charge is 2.38. The molecule has 1 spiro atoms. The van der Waals surface area contributed by atoms with Gasteiger partial charge in [-0.05, 0) is 73.1 Å². The van der Waals surface area contributed by atoms with Gasteiger partial charge in [-0.15, -0.1) is 0 Å². The van der Waals surface area contributed by atoms with Crippen molar-refractivity contribution in [2.24, 2.45) is 11.3 Å². The Labute approximate surface area is 162 Å². The molecule has 0 atom stereocenters. The Morgan fingerprint density at radius 2 is 1.48 bits per heavy atom. The third kappa shape index (κ3) is 4.18. The molecule has 0 aromatic heterocycles. The van der Waals surface area contributed by atoms with Crippen LogP contribution in [0.25, 0.3) is 11.1 Å². The molecule has 1 aliphatic heterocycles. The quantitative estimate of drug-likeness (QED) is 0.768. The molecule has 1 heterocycles. The summed E-state index contributed by atoms with van der Waals surface area (Å²) in [5.41, 5.74) is 4.32. The van der Waals surface area contributed by atoms with Gasteiger partial charge in [-0.2, -0.15) is 0 Å². The number of piperidine rings is 1. The van der Waals surface area contributed by atoms with Crippen molar-refractivity contribution in [1.29, 1.82) is 0 Å². The fourth-order valence-electron chi connectivity index (χ4n) is 4.98. The van der Waals surface area contributed by atoms with Crippen LogP contribution in [-0.2, 0) is 4.79 Å². The van der Waals surface area contributed by atoms with Gasteiger partial charge in [0.1, 0.15) is 0 Å². The molecule has 1 saturated carbocycles. The van der Waals surface area contributed by atoms with Gasteiger partial charge in [0.05, 0.1) is 0 Å². The molecule has 27 heavy (non-hydrogen) atoms. The molecule has 3 heteroatoms. The Bertz CT molecular complexity index is 751. The highest BCUT2D eigenvalue weighted by Crippen LogP contribution is 2.47. The second-order valence-corrected chi connectivity index (χ2v) is 8.44. The molecule has 1 N–H and O–H groups in total. The van der Waals surface area contributed by atoms with Crippen LogP contribution < -0.4 is 4.90 Å². The largest absolute Gasteiger partial charge is 0.481 e. The molecule has 2 aromatic carbocycles. The minimum Gasteiger partial charge on any atom is -0.481 e. The zero-order chi connectivity index (χ0) is 18.7. The lowest BCUT2D eigenvalue weighted by molar-refractivity contribution is -0.138. The van der Waals surface area contributed by atoms with E-state index in [-0.39, 0.29) is 0 Å². The van der Waals surface area contributed by atoms with Crippen molar-refractivity contribution in [2.75, 3.05) is 18.0 Å². The van der Waals surface area contributed by atoms with Gasteiger partial charge in [0.15, 0.2) is 0 Å². The number of nitrogens with zero attached hydrogens (tertiary/aromatic N) is 1. The van der Waals surface area contributed by atoms with Gasteiger partial charge in [-0.25, -0.2) is 0 Å². The summed E-state index contributed by atoms with van der Waals surface area (Å²) in [5, 5.41) is 9.01. The van der Waals surface area contributed by atoms with E-state index in [9.17, 15) is 4.79 Å². The van der Waals surface area contributed by atoms with Crippen LogP contribution in [0.5, 0.6) is 0 Å². The molecule has 1 aliphatic carbocycles. The first-order chi connectivity index (χ1) is 13.1. The molecule has 2 aromatic rings. The monoisotopic (exact) mass is 363 g/mol. The molecule has 142 valence electrons. The summed E-state index contributed by atoms with van der Waals surface area (Å²) in [7, 11) is 0. The number of carboxylic acid groups (broad SMARTS) is 1. The van der Waals surface area contributed by atoms with Gasteiger partial charge in [-0.3, -0.25) is 4.79 Å². The minimum atomic E-state index is -0.635. The average Bonchev–Trinajstić information content (AvgIpc) is 2.71. The van der Waals surface area contributed by atoms with Crippen molar-refractivity contribution in [3.05, 3.63) is 54.6 Å². The topological polar surface area (TPSA) is 40.5 Å². The number of anilines is 1. The van der Waals surface area contributed by atoms with E-state index in [1.165, 1.54) is 42.5 Å². The number of rotatable bonds is 4. The minimum absolute atomic E-state index is 0.357. The van der Waals surface area contributed by atoms with Crippen LogP contribution in [0.15, 0.2) is 54.6 Å². The fourth-order valence-corrected chi connectivity index (χ4v) is 4.98. The van der Waals surface area contributed by atoms with Crippen LogP contribution in [0.3, 0.4) is 0 Å². The molecule has 0 amide bonds. The highest BCUT2D eigenvalue weighted by molar-refractivity contribution is 5.67. The van der Waals surface area contributed by atoms with Crippen molar-refractivity contribution in [3.8, 4) is 11.1 Å². The van der Waals surface area contributed by atoms with E-state index in [1.807, 2.05) is 0 Å². The van der Waals surface area contributed by atoms with Crippen molar-refractivity contribution >= 4 is 11.7 Å². The van der Waals surface area contributed by atoms with Gasteiger partial charge >= 0.3 is 5.97 Å². The Balaban J connectivity index is 1.34. The summed E-state index contributed by atoms with van der Waals surface area (Å²) in [6.07, 6.45) is 7.46. The van der Waals surface area contributed by atoms with Gasteiger partial charge in [-0.1, -0.05) is 42.5 Å². The first-order valence-corrected chi connectivity index (χ1v) is 10.3. The van der Waals surface area contributed by atoms with E-state index in [0.29, 0.717) is 17.8 Å². The SMILES string of the molecule is O=C(O)CC1CCC2(CC1)CCN(c1ccc(-c3ccccc3)cc1)CC2. The first-order valence-electron chi connectivity index (χ1n) is 10.3. The second kappa shape index (κ2) is 7.75. The molecular weight excluding hydrogens is 334 g/mol. The normalized spacial score (nSPS) is 19.9. The summed E-state index contributed by atoms with van der Waals surface area (Å²) in [6.45, 7) is 2.24. The molecule has 0 bridgehead atoms. The number of hydrogen-bond acceptors (Lipinski definition) is 2. The zero-order valence-electron chi connectivity index (χ0n) is 15.9. The summed E-state index contributed by atoms with van der Waals surface area (Å²) in [5.74, 6) is -0.235. The van der Waals surface area contributed by atoms with Crippen LogP contribution in [0, 0.1) is 11.3 Å². The Hall–Kier alpha value is -2.29. The van der Waals surface area contributed by atoms with Crippen molar-refractivity contribution < 1.29 is 9.90 Å². The molecule has 0 radical (unpaired) electrons. The fraction of sp³-hybridized carbons (Fsp3) is 0.458. The van der Waals surface area contributed by atoms with E-state index >= 15 is 0 Å². The van der Waals surface area contributed by atoms with Crippen molar-refractivity contribution in [1.82, 2.24) is 0 Å².